The minimum atomic E-state index is 0.602. The average molecular weight is 348 g/mol. The summed E-state index contributed by atoms with van der Waals surface area (Å²) in [4.78, 5) is 2.15. The van der Waals surface area contributed by atoms with Gasteiger partial charge in [-0.05, 0) is 60.2 Å². The number of rotatable bonds is 2. The molecule has 3 nitrogen and oxygen atoms in total. The third kappa shape index (κ3) is 5.64. The largest absolute Gasteiger partial charge is 0.399 e. The maximum atomic E-state index is 5.83. The maximum absolute atomic E-state index is 5.83. The molecule has 0 bridgehead atoms. The van der Waals surface area contributed by atoms with Gasteiger partial charge in [-0.15, -0.1) is 0 Å². The summed E-state index contributed by atoms with van der Waals surface area (Å²) in [6.07, 6.45) is 6.22. The molecule has 2 aromatic rings. The highest BCUT2D eigenvalue weighted by Crippen LogP contribution is 2.20. The van der Waals surface area contributed by atoms with Gasteiger partial charge in [-0.25, -0.2) is 0 Å². The molecular weight excluding hydrogens is 329 g/mol. The van der Waals surface area contributed by atoms with E-state index in [1.165, 1.54) is 5.57 Å². The second-order valence-corrected chi connectivity index (χ2v) is 5.85. The van der Waals surface area contributed by atoms with Crippen molar-refractivity contribution < 1.29 is 0 Å². The normalized spacial score (nSPS) is 13.2. The van der Waals surface area contributed by atoms with Crippen LogP contribution in [0.3, 0.4) is 0 Å². The number of hydrogen-bond donors (Lipinski definition) is 2. The van der Waals surface area contributed by atoms with Crippen LogP contribution in [0.2, 0.25) is 10.0 Å². The van der Waals surface area contributed by atoms with Crippen LogP contribution in [0.5, 0.6) is 0 Å². The Morgan fingerprint density at radius 2 is 1.48 bits per heavy atom. The quantitative estimate of drug-likeness (QED) is 0.787. The number of benzene rings is 2. The fourth-order valence-corrected chi connectivity index (χ4v) is 2.22. The van der Waals surface area contributed by atoms with Gasteiger partial charge in [0, 0.05) is 40.7 Å². The number of anilines is 2. The van der Waals surface area contributed by atoms with E-state index in [1.54, 1.807) is 24.3 Å². The molecule has 4 N–H and O–H groups in total. The van der Waals surface area contributed by atoms with Crippen molar-refractivity contribution in [3.63, 3.8) is 0 Å². The molecule has 0 radical (unpaired) electrons. The van der Waals surface area contributed by atoms with Gasteiger partial charge in [0.15, 0.2) is 0 Å². The Morgan fingerprint density at radius 3 is 1.91 bits per heavy atom. The molecular formula is C18H19Cl2N3. The van der Waals surface area contributed by atoms with Gasteiger partial charge in [0.1, 0.15) is 0 Å². The molecule has 0 aromatic heterocycles. The molecule has 0 spiro atoms. The average Bonchev–Trinajstić information content (AvgIpc) is 2.59. The van der Waals surface area contributed by atoms with Crippen molar-refractivity contribution in [3.05, 3.63) is 82.5 Å². The lowest BCUT2D eigenvalue weighted by atomic mass is 10.2. The fourth-order valence-electron chi connectivity index (χ4n) is 1.97. The van der Waals surface area contributed by atoms with Gasteiger partial charge in [-0.1, -0.05) is 29.3 Å². The van der Waals surface area contributed by atoms with Gasteiger partial charge in [0.2, 0.25) is 0 Å². The molecule has 5 heteroatoms. The Morgan fingerprint density at radius 1 is 0.913 bits per heavy atom. The first-order valence-corrected chi connectivity index (χ1v) is 7.94. The standard InChI is InChI=1S/C12H13ClN2.C6H6ClN/c13-11-1-3-12(4-2-11)15-7-5-10(9-14)6-8-15;7-5-1-3-6(8)4-2-5/h1-7H,8-9,14H2;1-4H,8H2. The van der Waals surface area contributed by atoms with E-state index in [0.717, 1.165) is 28.0 Å². The topological polar surface area (TPSA) is 55.3 Å². The van der Waals surface area contributed by atoms with Gasteiger partial charge < -0.3 is 16.4 Å². The van der Waals surface area contributed by atoms with E-state index in [0.29, 0.717) is 6.54 Å². The van der Waals surface area contributed by atoms with Crippen LogP contribution in [0.4, 0.5) is 11.4 Å². The lowest BCUT2D eigenvalue weighted by Crippen LogP contribution is -2.20. The van der Waals surface area contributed by atoms with Gasteiger partial charge >= 0.3 is 0 Å². The van der Waals surface area contributed by atoms with E-state index in [9.17, 15) is 0 Å². The molecule has 120 valence electrons. The highest BCUT2D eigenvalue weighted by Gasteiger charge is 2.05. The molecule has 0 unspecified atom stereocenters. The minimum absolute atomic E-state index is 0.602. The molecule has 1 aliphatic heterocycles. The van der Waals surface area contributed by atoms with Crippen molar-refractivity contribution in [1.29, 1.82) is 0 Å². The Labute approximate surface area is 146 Å². The first kappa shape index (κ1) is 17.4. The highest BCUT2D eigenvalue weighted by molar-refractivity contribution is 6.30. The first-order valence-electron chi connectivity index (χ1n) is 7.19. The molecule has 3 rings (SSSR count). The summed E-state index contributed by atoms with van der Waals surface area (Å²) in [6, 6.07) is 14.9. The third-order valence-electron chi connectivity index (χ3n) is 3.28. The van der Waals surface area contributed by atoms with E-state index in [4.69, 9.17) is 34.7 Å². The van der Waals surface area contributed by atoms with Crippen LogP contribution in [0.25, 0.3) is 0 Å². The van der Waals surface area contributed by atoms with Crippen LogP contribution in [-0.4, -0.2) is 13.1 Å². The van der Waals surface area contributed by atoms with Crippen LogP contribution < -0.4 is 16.4 Å². The summed E-state index contributed by atoms with van der Waals surface area (Å²) in [7, 11) is 0. The summed E-state index contributed by atoms with van der Waals surface area (Å²) < 4.78 is 0. The molecule has 1 heterocycles. The SMILES string of the molecule is NCC1=CCN(c2ccc(Cl)cc2)C=C1.Nc1ccc(Cl)cc1. The van der Waals surface area contributed by atoms with E-state index in [2.05, 4.69) is 11.0 Å². The maximum Gasteiger partial charge on any atom is 0.0412 e. The Balaban J connectivity index is 0.000000203. The number of halogens is 2. The predicted molar refractivity (Wildman–Crippen MR) is 101 cm³/mol. The Kier molecular flexibility index (Phi) is 6.53. The van der Waals surface area contributed by atoms with Crippen molar-refractivity contribution >= 4 is 34.6 Å². The smallest absolute Gasteiger partial charge is 0.0412 e. The van der Waals surface area contributed by atoms with Gasteiger partial charge in [-0.2, -0.15) is 0 Å². The van der Waals surface area contributed by atoms with Crippen LogP contribution in [0, 0.1) is 0 Å². The zero-order valence-electron chi connectivity index (χ0n) is 12.6. The predicted octanol–water partition coefficient (Wildman–Crippen LogP) is 4.48. The Hall–Kier alpha value is -1.94. The minimum Gasteiger partial charge on any atom is -0.399 e. The first-order chi connectivity index (χ1) is 11.1. The zero-order chi connectivity index (χ0) is 16.7. The highest BCUT2D eigenvalue weighted by atomic mass is 35.5. The van der Waals surface area contributed by atoms with Crippen molar-refractivity contribution in [1.82, 2.24) is 0 Å². The van der Waals surface area contributed by atoms with Crippen LogP contribution >= 0.6 is 23.2 Å². The number of hydrogen-bond acceptors (Lipinski definition) is 3. The van der Waals surface area contributed by atoms with Crippen LogP contribution in [0.15, 0.2) is 72.5 Å². The van der Waals surface area contributed by atoms with Gasteiger partial charge in [-0.3, -0.25) is 0 Å². The molecule has 0 aliphatic carbocycles. The summed E-state index contributed by atoms with van der Waals surface area (Å²) >= 11 is 11.4. The van der Waals surface area contributed by atoms with Crippen LogP contribution in [0.1, 0.15) is 0 Å². The van der Waals surface area contributed by atoms with Gasteiger partial charge in [0.05, 0.1) is 0 Å². The van der Waals surface area contributed by atoms with E-state index >= 15 is 0 Å². The van der Waals surface area contributed by atoms with E-state index < -0.39 is 0 Å². The van der Waals surface area contributed by atoms with E-state index in [-0.39, 0.29) is 0 Å². The number of nitrogens with zero attached hydrogens (tertiary/aromatic N) is 1. The molecule has 0 saturated heterocycles. The van der Waals surface area contributed by atoms with Crippen molar-refractivity contribution in [3.8, 4) is 0 Å². The molecule has 0 fully saturated rings. The third-order valence-corrected chi connectivity index (χ3v) is 3.79. The molecule has 0 saturated carbocycles. The van der Waals surface area contributed by atoms with Crippen LogP contribution in [-0.2, 0) is 0 Å². The molecule has 0 amide bonds. The molecule has 1 aliphatic rings. The summed E-state index contributed by atoms with van der Waals surface area (Å²) in [5.41, 5.74) is 14.0. The summed E-state index contributed by atoms with van der Waals surface area (Å²) in [5.74, 6) is 0. The summed E-state index contributed by atoms with van der Waals surface area (Å²) in [5, 5.41) is 1.48. The lowest BCUT2D eigenvalue weighted by Gasteiger charge is -2.22. The Bertz CT molecular complexity index is 655. The van der Waals surface area contributed by atoms with Crippen molar-refractivity contribution in [2.45, 2.75) is 0 Å². The summed E-state index contributed by atoms with van der Waals surface area (Å²) in [6.45, 7) is 1.47. The van der Waals surface area contributed by atoms with Crippen molar-refractivity contribution in [2.75, 3.05) is 23.7 Å². The molecule has 2 aromatic carbocycles. The van der Waals surface area contributed by atoms with Crippen molar-refractivity contribution in [2.24, 2.45) is 5.73 Å². The van der Waals surface area contributed by atoms with Gasteiger partial charge in [0.25, 0.3) is 0 Å². The second-order valence-electron chi connectivity index (χ2n) is 4.98. The molecule has 23 heavy (non-hydrogen) atoms. The number of nitrogen functional groups attached to an aromatic ring is 1. The monoisotopic (exact) mass is 347 g/mol. The lowest BCUT2D eigenvalue weighted by molar-refractivity contribution is 1.03. The molecule has 0 atom stereocenters. The van der Waals surface area contributed by atoms with E-state index in [1.807, 2.05) is 36.5 Å². The number of nitrogens with two attached hydrogens (primary N) is 2. The zero-order valence-corrected chi connectivity index (χ0v) is 14.1. The second kappa shape index (κ2) is 8.63. The fraction of sp³-hybridized carbons (Fsp3) is 0.111.